The number of nitrogens with one attached hydrogen (secondary N) is 1. The lowest BCUT2D eigenvalue weighted by atomic mass is 9.97. The van der Waals surface area contributed by atoms with Crippen LogP contribution in [0.25, 0.3) is 0 Å². The second-order valence-electron chi connectivity index (χ2n) is 7.29. The van der Waals surface area contributed by atoms with Crippen molar-refractivity contribution < 1.29 is 14.3 Å². The lowest BCUT2D eigenvalue weighted by Crippen LogP contribution is -2.38. The number of ether oxygens (including phenoxy) is 1. The van der Waals surface area contributed by atoms with E-state index in [4.69, 9.17) is 11.2 Å². The van der Waals surface area contributed by atoms with Crippen molar-refractivity contribution in [2.45, 2.75) is 45.8 Å². The van der Waals surface area contributed by atoms with Crippen molar-refractivity contribution in [3.8, 4) is 12.3 Å². The first kappa shape index (κ1) is 18.9. The number of carbonyl (C=O) groups is 2. The number of hydrogen-bond acceptors (Lipinski definition) is 3. The van der Waals surface area contributed by atoms with Gasteiger partial charge in [-0.1, -0.05) is 12.1 Å². The first-order chi connectivity index (χ1) is 11.8. The molecule has 134 valence electrons. The number of alkyl carbamates (subject to hydrolysis) is 1. The molecule has 0 aromatic heterocycles. The molecule has 1 fully saturated rings. The Labute approximate surface area is 149 Å². The van der Waals surface area contributed by atoms with E-state index in [-0.39, 0.29) is 11.8 Å². The maximum atomic E-state index is 12.5. The molecule has 1 aromatic rings. The fourth-order valence-corrected chi connectivity index (χ4v) is 2.69. The average molecular weight is 342 g/mol. The minimum absolute atomic E-state index is 0.0297. The fourth-order valence-electron chi connectivity index (χ4n) is 2.69. The summed E-state index contributed by atoms with van der Waals surface area (Å²) < 4.78 is 5.19. The van der Waals surface area contributed by atoms with Crippen LogP contribution in [0, 0.1) is 18.3 Å². The topological polar surface area (TPSA) is 58.6 Å². The van der Waals surface area contributed by atoms with Crippen molar-refractivity contribution in [2.75, 3.05) is 13.1 Å². The molecule has 1 N–H and O–H groups in total. The summed E-state index contributed by atoms with van der Waals surface area (Å²) in [6, 6.07) is 7.28. The van der Waals surface area contributed by atoms with Crippen LogP contribution in [0.1, 0.15) is 49.5 Å². The summed E-state index contributed by atoms with van der Waals surface area (Å²) in [5.74, 6) is 3.08. The van der Waals surface area contributed by atoms with Crippen LogP contribution in [0.15, 0.2) is 24.3 Å². The molecule has 0 aliphatic carbocycles. The molecule has 0 spiro atoms. The number of nitrogens with zero attached hydrogens (tertiary/aromatic N) is 1. The van der Waals surface area contributed by atoms with E-state index in [0.717, 1.165) is 18.4 Å². The molecule has 0 atom stereocenters. The number of rotatable bonds is 3. The van der Waals surface area contributed by atoms with Crippen molar-refractivity contribution in [3.05, 3.63) is 35.4 Å². The standard InChI is InChI=1S/C20H26N2O3/c1-5-15-10-12-22(13-11-15)18(23)17-8-6-16(7-9-17)14-21-19(24)25-20(2,3)4/h1,6-9,15H,10-14H2,2-4H3,(H,21,24). The molecule has 1 aromatic carbocycles. The molecular weight excluding hydrogens is 316 g/mol. The summed E-state index contributed by atoms with van der Waals surface area (Å²) in [4.78, 5) is 26.0. The zero-order valence-corrected chi connectivity index (χ0v) is 15.2. The van der Waals surface area contributed by atoms with Crippen LogP contribution < -0.4 is 5.32 Å². The maximum absolute atomic E-state index is 12.5. The van der Waals surface area contributed by atoms with Crippen LogP contribution in [0.2, 0.25) is 0 Å². The largest absolute Gasteiger partial charge is 0.444 e. The van der Waals surface area contributed by atoms with Crippen molar-refractivity contribution in [2.24, 2.45) is 5.92 Å². The molecular formula is C20H26N2O3. The molecule has 0 radical (unpaired) electrons. The molecule has 0 unspecified atom stereocenters. The van der Waals surface area contributed by atoms with E-state index in [1.165, 1.54) is 0 Å². The van der Waals surface area contributed by atoms with E-state index in [1.807, 2.05) is 37.8 Å². The van der Waals surface area contributed by atoms with Crippen molar-refractivity contribution >= 4 is 12.0 Å². The summed E-state index contributed by atoms with van der Waals surface area (Å²) in [6.07, 6.45) is 6.71. The highest BCUT2D eigenvalue weighted by Crippen LogP contribution is 2.18. The van der Waals surface area contributed by atoms with Gasteiger partial charge in [0.05, 0.1) is 0 Å². The highest BCUT2D eigenvalue weighted by Gasteiger charge is 2.22. The van der Waals surface area contributed by atoms with Gasteiger partial charge in [0.25, 0.3) is 5.91 Å². The molecule has 1 aliphatic heterocycles. The number of benzene rings is 1. The molecule has 5 nitrogen and oxygen atoms in total. The molecule has 1 aliphatic rings. The summed E-state index contributed by atoms with van der Waals surface area (Å²) >= 11 is 0. The molecule has 1 heterocycles. The summed E-state index contributed by atoms with van der Waals surface area (Å²) in [7, 11) is 0. The van der Waals surface area contributed by atoms with E-state index >= 15 is 0 Å². The van der Waals surface area contributed by atoms with Gasteiger partial charge in [-0.25, -0.2) is 4.79 Å². The minimum Gasteiger partial charge on any atom is -0.444 e. The number of piperidine rings is 1. The first-order valence-corrected chi connectivity index (χ1v) is 8.59. The van der Waals surface area contributed by atoms with Crippen LogP contribution in [-0.4, -0.2) is 35.6 Å². The zero-order chi connectivity index (χ0) is 18.4. The number of terminal acetylenes is 1. The predicted molar refractivity (Wildman–Crippen MR) is 97.0 cm³/mol. The third kappa shape index (κ3) is 5.82. The van der Waals surface area contributed by atoms with Gasteiger partial charge in [-0.2, -0.15) is 0 Å². The predicted octanol–water partition coefficient (Wildman–Crippen LogP) is 3.20. The van der Waals surface area contributed by atoms with Crippen molar-refractivity contribution in [1.82, 2.24) is 10.2 Å². The Bertz CT molecular complexity index is 645. The normalized spacial score (nSPS) is 15.4. The lowest BCUT2D eigenvalue weighted by molar-refractivity contribution is 0.0523. The third-order valence-corrected chi connectivity index (χ3v) is 4.05. The Kier molecular flexibility index (Phi) is 6.08. The van der Waals surface area contributed by atoms with Crippen LogP contribution >= 0.6 is 0 Å². The molecule has 5 heteroatoms. The third-order valence-electron chi connectivity index (χ3n) is 4.05. The second-order valence-corrected chi connectivity index (χ2v) is 7.29. The van der Waals surface area contributed by atoms with Crippen LogP contribution in [0.5, 0.6) is 0 Å². The van der Waals surface area contributed by atoms with Gasteiger partial charge in [-0.05, 0) is 51.3 Å². The SMILES string of the molecule is C#CC1CCN(C(=O)c2ccc(CNC(=O)OC(C)(C)C)cc2)CC1. The average Bonchev–Trinajstić information content (AvgIpc) is 2.58. The molecule has 0 saturated carbocycles. The smallest absolute Gasteiger partial charge is 0.407 e. The van der Waals surface area contributed by atoms with Gasteiger partial charge in [0, 0.05) is 31.1 Å². The molecule has 2 rings (SSSR count). The van der Waals surface area contributed by atoms with E-state index in [2.05, 4.69) is 11.2 Å². The van der Waals surface area contributed by atoms with E-state index in [9.17, 15) is 9.59 Å². The van der Waals surface area contributed by atoms with Gasteiger partial charge in [-0.15, -0.1) is 12.3 Å². The van der Waals surface area contributed by atoms with Gasteiger partial charge in [-0.3, -0.25) is 4.79 Å². The molecule has 0 bridgehead atoms. The Morgan fingerprint density at radius 2 is 1.84 bits per heavy atom. The molecule has 1 saturated heterocycles. The van der Waals surface area contributed by atoms with Gasteiger partial charge in [0.2, 0.25) is 0 Å². The van der Waals surface area contributed by atoms with Gasteiger partial charge < -0.3 is 15.0 Å². The second kappa shape index (κ2) is 8.06. The number of amides is 2. The van der Waals surface area contributed by atoms with E-state index < -0.39 is 11.7 Å². The quantitative estimate of drug-likeness (QED) is 0.858. The number of hydrogen-bond donors (Lipinski definition) is 1. The van der Waals surface area contributed by atoms with Crippen molar-refractivity contribution in [1.29, 1.82) is 0 Å². The Hall–Kier alpha value is -2.48. The van der Waals surface area contributed by atoms with Crippen LogP contribution in [0.4, 0.5) is 4.79 Å². The van der Waals surface area contributed by atoms with Gasteiger partial charge in [0.15, 0.2) is 0 Å². The lowest BCUT2D eigenvalue weighted by Gasteiger charge is -2.29. The van der Waals surface area contributed by atoms with Crippen LogP contribution in [-0.2, 0) is 11.3 Å². The highest BCUT2D eigenvalue weighted by atomic mass is 16.6. The van der Waals surface area contributed by atoms with Crippen LogP contribution in [0.3, 0.4) is 0 Å². The van der Waals surface area contributed by atoms with E-state index in [1.54, 1.807) is 12.1 Å². The van der Waals surface area contributed by atoms with E-state index in [0.29, 0.717) is 25.2 Å². The minimum atomic E-state index is -0.521. The monoisotopic (exact) mass is 342 g/mol. The maximum Gasteiger partial charge on any atom is 0.407 e. The Morgan fingerprint density at radius 3 is 2.36 bits per heavy atom. The molecule has 2 amide bonds. The fraction of sp³-hybridized carbons (Fsp3) is 0.500. The zero-order valence-electron chi connectivity index (χ0n) is 15.2. The summed E-state index contributed by atoms with van der Waals surface area (Å²) in [5, 5.41) is 2.70. The highest BCUT2D eigenvalue weighted by molar-refractivity contribution is 5.94. The van der Waals surface area contributed by atoms with Gasteiger partial charge >= 0.3 is 6.09 Å². The molecule has 25 heavy (non-hydrogen) atoms. The first-order valence-electron chi connectivity index (χ1n) is 8.59. The number of carbonyl (C=O) groups excluding carboxylic acids is 2. The van der Waals surface area contributed by atoms with Gasteiger partial charge in [0.1, 0.15) is 5.60 Å². The Morgan fingerprint density at radius 1 is 1.24 bits per heavy atom. The Balaban J connectivity index is 1.86. The summed E-state index contributed by atoms with van der Waals surface area (Å²) in [5.41, 5.74) is 1.04. The number of likely N-dealkylation sites (tertiary alicyclic amines) is 1. The summed E-state index contributed by atoms with van der Waals surface area (Å²) in [6.45, 7) is 7.22. The van der Waals surface area contributed by atoms with Crippen molar-refractivity contribution in [3.63, 3.8) is 0 Å².